The van der Waals surface area contributed by atoms with E-state index in [0.717, 1.165) is 0 Å². The van der Waals surface area contributed by atoms with E-state index in [1.807, 2.05) is 0 Å². The van der Waals surface area contributed by atoms with Crippen LogP contribution in [0.2, 0.25) is 0 Å². The summed E-state index contributed by atoms with van der Waals surface area (Å²) in [5.74, 6) is -0.333. The molecule has 0 spiro atoms. The Labute approximate surface area is 147 Å². The summed E-state index contributed by atoms with van der Waals surface area (Å²) in [6.07, 6.45) is 0. The van der Waals surface area contributed by atoms with Crippen LogP contribution in [-0.2, 0) is 12.6 Å². The number of hydrogen-bond donors (Lipinski definition) is 4. The van der Waals surface area contributed by atoms with Gasteiger partial charge in [0, 0.05) is 0 Å². The molecule has 5 nitrogen and oxygen atoms in total. The molecule has 0 bridgehead atoms. The molecule has 0 saturated carbocycles. The number of nitrogens with one attached hydrogen (secondary N) is 1. The van der Waals surface area contributed by atoms with E-state index >= 15 is 0 Å². The summed E-state index contributed by atoms with van der Waals surface area (Å²) in [4.78, 5) is 0. The molecule has 9 heteroatoms. The van der Waals surface area contributed by atoms with Crippen molar-refractivity contribution in [1.29, 1.82) is 15.9 Å². The smallest absolute Gasteiger partial charge is 0.696 e. The van der Waals surface area contributed by atoms with Crippen LogP contribution in [0.3, 0.4) is 0 Å². The maximum absolute atomic E-state index is 7.18. The third-order valence-corrected chi connectivity index (χ3v) is 0. The van der Waals surface area contributed by atoms with Gasteiger partial charge >= 0.3 is 68.9 Å². The zero-order chi connectivity index (χ0) is 8.99. The average molecular weight is 346 g/mol. The van der Waals surface area contributed by atoms with Gasteiger partial charge in [0.15, 0.2) is 5.96 Å². The van der Waals surface area contributed by atoms with Gasteiger partial charge in [0.05, 0.1) is 0 Å². The number of rotatable bonds is 0. The van der Waals surface area contributed by atoms with Crippen molar-refractivity contribution in [3.8, 4) is 10.8 Å². The average Bonchev–Trinajstić information content (AvgIpc) is 1.65. The standard InChI is InChI=1S/CH5N3.2CHNS.ClH.Cs/c2-1(3)4;2*2-1-3;;/h(H5,2,3,4);2*3H;1H;/q;;;;+1/p-1. The summed E-state index contributed by atoms with van der Waals surface area (Å²) in [7, 11) is 0. The zero-order valence-corrected chi connectivity index (χ0v) is 15.1. The second-order valence-electron chi connectivity index (χ2n) is 0.647. The molecule has 0 fully saturated rings. The van der Waals surface area contributed by atoms with Crippen molar-refractivity contribution in [2.75, 3.05) is 0 Å². The van der Waals surface area contributed by atoms with Gasteiger partial charge in [0.2, 0.25) is 0 Å². The predicted octanol–water partition coefficient (Wildman–Crippen LogP) is -3.32. The molecular formula is C3H7ClCsN5S2. The molecule has 0 radical (unpaired) electrons. The summed E-state index contributed by atoms with van der Waals surface area (Å²) in [5.41, 5.74) is 8.94. The fourth-order valence-electron chi connectivity index (χ4n) is 0. The van der Waals surface area contributed by atoms with Crippen LogP contribution in [0.25, 0.3) is 0 Å². The molecule has 64 valence electrons. The second-order valence-corrected chi connectivity index (χ2v) is 1.03. The number of nitrogens with two attached hydrogens (primary N) is 2. The first kappa shape index (κ1) is 29.2. The van der Waals surface area contributed by atoms with E-state index in [-0.39, 0.29) is 87.3 Å². The minimum atomic E-state index is -0.333. The Kier molecular flexibility index (Phi) is 97.2. The van der Waals surface area contributed by atoms with Crippen molar-refractivity contribution in [2.45, 2.75) is 0 Å². The number of guanidine groups is 1. The molecule has 0 unspecified atom stereocenters. The van der Waals surface area contributed by atoms with Gasteiger partial charge in [-0.25, -0.2) is 5.26 Å². The first-order chi connectivity index (χ1) is 4.56. The quantitative estimate of drug-likeness (QED) is 0.120. The Balaban J connectivity index is -0.0000000191. The van der Waals surface area contributed by atoms with Gasteiger partial charge in [-0.3, -0.25) is 5.41 Å². The zero-order valence-electron chi connectivity index (χ0n) is 6.31. The van der Waals surface area contributed by atoms with Crippen LogP contribution in [0.1, 0.15) is 0 Å². The molecule has 0 aromatic heterocycles. The molecule has 12 heavy (non-hydrogen) atoms. The van der Waals surface area contributed by atoms with E-state index < -0.39 is 0 Å². The fourth-order valence-corrected chi connectivity index (χ4v) is 0. The summed E-state index contributed by atoms with van der Waals surface area (Å²) < 4.78 is 0. The van der Waals surface area contributed by atoms with Crippen molar-refractivity contribution in [3.05, 3.63) is 0 Å². The predicted molar refractivity (Wildman–Crippen MR) is 50.9 cm³/mol. The van der Waals surface area contributed by atoms with Gasteiger partial charge in [0.1, 0.15) is 5.40 Å². The Hall–Kier alpha value is 1.16. The molecule has 0 aromatic rings. The molecule has 0 atom stereocenters. The number of nitrogens with zero attached hydrogens (tertiary/aromatic N) is 2. The molecule has 5 N–H and O–H groups in total. The Bertz CT molecular complexity index is 136. The summed E-state index contributed by atoms with van der Waals surface area (Å²) >= 11 is 6.79. The molecule has 0 aromatic carbocycles. The third-order valence-electron chi connectivity index (χ3n) is 0. The molecule has 0 heterocycles. The molecule has 0 saturated heterocycles. The minimum absolute atomic E-state index is 0. The van der Waals surface area contributed by atoms with Gasteiger partial charge in [-0.1, -0.05) is 18.0 Å². The molecule has 0 aliphatic carbocycles. The van der Waals surface area contributed by atoms with Gasteiger partial charge in [-0.15, -0.1) is 12.4 Å². The van der Waals surface area contributed by atoms with E-state index in [1.54, 1.807) is 0 Å². The normalized spacial score (nSPS) is 3.25. The van der Waals surface area contributed by atoms with Crippen LogP contribution in [0.4, 0.5) is 0 Å². The van der Waals surface area contributed by atoms with Crippen molar-refractivity contribution < 1.29 is 68.9 Å². The SMILES string of the molecule is Cl.N#CS.N#C[S-].N=C(N)N.[Cs+]. The van der Waals surface area contributed by atoms with Crippen LogP contribution < -0.4 is 80.4 Å². The summed E-state index contributed by atoms with van der Waals surface area (Å²) in [6, 6.07) is 0. The van der Waals surface area contributed by atoms with Crippen LogP contribution in [0, 0.1) is 26.7 Å². The number of thiol groups is 1. The molecular weight excluding hydrogens is 339 g/mol. The van der Waals surface area contributed by atoms with Gasteiger partial charge in [0.25, 0.3) is 0 Å². The van der Waals surface area contributed by atoms with E-state index in [4.69, 9.17) is 15.9 Å². The topological polar surface area (TPSA) is 123 Å². The van der Waals surface area contributed by atoms with Crippen molar-refractivity contribution in [3.63, 3.8) is 0 Å². The minimum Gasteiger partial charge on any atom is -0.696 e. The molecule has 0 aliphatic heterocycles. The maximum Gasteiger partial charge on any atom is 1.00 e. The third kappa shape index (κ3) is 854. The number of thiocyanates is 2. The van der Waals surface area contributed by atoms with Crippen LogP contribution >= 0.6 is 25.0 Å². The number of halogens is 1. The van der Waals surface area contributed by atoms with Crippen LogP contribution in [-0.4, -0.2) is 5.96 Å². The molecule has 0 aliphatic rings. The van der Waals surface area contributed by atoms with Crippen LogP contribution in [0.15, 0.2) is 0 Å². The number of nitriles is 2. The second kappa shape index (κ2) is 39.9. The van der Waals surface area contributed by atoms with Crippen LogP contribution in [0.5, 0.6) is 0 Å². The van der Waals surface area contributed by atoms with Crippen molar-refractivity contribution in [1.82, 2.24) is 0 Å². The monoisotopic (exact) mass is 345 g/mol. The van der Waals surface area contributed by atoms with Gasteiger partial charge < -0.3 is 24.1 Å². The van der Waals surface area contributed by atoms with E-state index in [0.29, 0.717) is 0 Å². The van der Waals surface area contributed by atoms with Crippen molar-refractivity contribution >= 4 is 43.6 Å². The Morgan fingerprint density at radius 1 is 1.42 bits per heavy atom. The van der Waals surface area contributed by atoms with Gasteiger partial charge in [-0.2, -0.15) is 5.26 Å². The summed E-state index contributed by atoms with van der Waals surface area (Å²) in [5, 5.41) is 23.2. The van der Waals surface area contributed by atoms with E-state index in [2.05, 4.69) is 36.7 Å². The largest absolute Gasteiger partial charge is 1.00 e. The first-order valence-corrected chi connectivity index (χ1v) is 2.56. The maximum atomic E-state index is 7.18. The van der Waals surface area contributed by atoms with Crippen molar-refractivity contribution in [2.24, 2.45) is 11.5 Å². The Morgan fingerprint density at radius 2 is 1.42 bits per heavy atom. The van der Waals surface area contributed by atoms with E-state index in [9.17, 15) is 0 Å². The first-order valence-electron chi connectivity index (χ1n) is 1.70. The number of hydrogen-bond acceptors (Lipinski definition) is 5. The van der Waals surface area contributed by atoms with Gasteiger partial charge in [-0.05, 0) is 0 Å². The fraction of sp³-hybridized carbons (Fsp3) is 0. The molecule has 0 amide bonds. The Morgan fingerprint density at radius 3 is 1.42 bits per heavy atom. The summed E-state index contributed by atoms with van der Waals surface area (Å²) in [6.45, 7) is 0. The molecule has 0 rings (SSSR count). The van der Waals surface area contributed by atoms with E-state index in [1.165, 1.54) is 10.8 Å².